The molecule has 0 aliphatic rings. The summed E-state index contributed by atoms with van der Waals surface area (Å²) >= 11 is 2.78. The zero-order valence-electron chi connectivity index (χ0n) is 13.7. The molecule has 0 spiro atoms. The highest BCUT2D eigenvalue weighted by Gasteiger charge is 2.16. The van der Waals surface area contributed by atoms with E-state index in [-0.39, 0.29) is 23.6 Å². The third-order valence-corrected chi connectivity index (χ3v) is 5.53. The van der Waals surface area contributed by atoms with Gasteiger partial charge in [0.2, 0.25) is 5.78 Å². The molecule has 3 aromatic rings. The number of ketones is 1. The van der Waals surface area contributed by atoms with Crippen LogP contribution in [-0.4, -0.2) is 16.6 Å². The van der Waals surface area contributed by atoms with E-state index >= 15 is 0 Å². The Hall–Kier alpha value is -2.84. The molecule has 0 unspecified atom stereocenters. The van der Waals surface area contributed by atoms with Gasteiger partial charge in [-0.3, -0.25) is 19.7 Å². The van der Waals surface area contributed by atoms with Crippen molar-refractivity contribution in [2.24, 2.45) is 0 Å². The number of nitrogens with zero attached hydrogens (tertiary/aromatic N) is 1. The molecule has 0 bridgehead atoms. The van der Waals surface area contributed by atoms with Crippen LogP contribution in [0.15, 0.2) is 47.2 Å². The number of hydrogen-bond donors (Lipinski definition) is 1. The van der Waals surface area contributed by atoms with Gasteiger partial charge in [0.25, 0.3) is 11.6 Å². The van der Waals surface area contributed by atoms with Gasteiger partial charge >= 0.3 is 0 Å². The van der Waals surface area contributed by atoms with Crippen LogP contribution in [0.1, 0.15) is 36.0 Å². The largest absolute Gasteiger partial charge is 0.347 e. The second-order valence-electron chi connectivity index (χ2n) is 5.55. The summed E-state index contributed by atoms with van der Waals surface area (Å²) in [5, 5.41) is 17.4. The second kappa shape index (κ2) is 7.59. The minimum absolute atomic E-state index is 0.0389. The maximum atomic E-state index is 12.3. The molecule has 1 amide bonds. The first kappa shape index (κ1) is 18.0. The fraction of sp³-hybridized carbons (Fsp3) is 0.111. The molecule has 1 N–H and O–H groups in total. The van der Waals surface area contributed by atoms with Crippen molar-refractivity contribution in [1.82, 2.24) is 5.32 Å². The molecule has 2 aromatic heterocycles. The molecule has 1 aromatic carbocycles. The van der Waals surface area contributed by atoms with E-state index in [1.807, 2.05) is 5.38 Å². The average molecular weight is 386 g/mol. The lowest BCUT2D eigenvalue weighted by atomic mass is 10.1. The fourth-order valence-corrected chi connectivity index (χ4v) is 3.89. The fourth-order valence-electron chi connectivity index (χ4n) is 2.35. The number of nitro groups is 1. The van der Waals surface area contributed by atoms with E-state index < -0.39 is 10.8 Å². The number of carbonyl (C=O) groups excluding carboxylic acids is 2. The van der Waals surface area contributed by atoms with Crippen LogP contribution in [0.5, 0.6) is 0 Å². The van der Waals surface area contributed by atoms with Crippen molar-refractivity contribution in [2.45, 2.75) is 13.5 Å². The van der Waals surface area contributed by atoms with Gasteiger partial charge in [-0.1, -0.05) is 6.07 Å². The number of amides is 1. The second-order valence-corrected chi connectivity index (χ2v) is 7.50. The number of rotatable bonds is 6. The molecule has 0 aliphatic carbocycles. The van der Waals surface area contributed by atoms with Crippen molar-refractivity contribution >= 4 is 40.1 Å². The maximum absolute atomic E-state index is 12.3. The first-order valence-electron chi connectivity index (χ1n) is 7.64. The molecule has 0 atom stereocenters. The molecule has 132 valence electrons. The highest BCUT2D eigenvalue weighted by Crippen LogP contribution is 2.22. The highest BCUT2D eigenvalue weighted by molar-refractivity contribution is 7.14. The molecule has 0 fully saturated rings. The predicted octanol–water partition coefficient (Wildman–Crippen LogP) is 4.19. The van der Waals surface area contributed by atoms with Crippen molar-refractivity contribution in [3.05, 3.63) is 83.7 Å². The normalized spacial score (nSPS) is 10.5. The minimum atomic E-state index is -0.506. The standard InChI is InChI=1S/C18H14N2O4S2/c1-11-2-3-12(8-15(11)20(23)24)18(22)19-9-14-4-5-16(26-14)17(21)13-6-7-25-10-13/h2-8,10H,9H2,1H3,(H,19,22). The first-order valence-corrected chi connectivity index (χ1v) is 9.40. The molecule has 0 aliphatic heterocycles. The van der Waals surface area contributed by atoms with Crippen LogP contribution < -0.4 is 5.32 Å². The first-order chi connectivity index (χ1) is 12.5. The Balaban J connectivity index is 1.66. The van der Waals surface area contributed by atoms with Gasteiger partial charge in [-0.25, -0.2) is 0 Å². The van der Waals surface area contributed by atoms with Gasteiger partial charge < -0.3 is 5.32 Å². The van der Waals surface area contributed by atoms with Crippen LogP contribution in [0.3, 0.4) is 0 Å². The quantitative estimate of drug-likeness (QED) is 0.391. The maximum Gasteiger partial charge on any atom is 0.273 e. The number of thiophene rings is 2. The van der Waals surface area contributed by atoms with E-state index in [9.17, 15) is 19.7 Å². The Morgan fingerprint density at radius 3 is 2.65 bits per heavy atom. The van der Waals surface area contributed by atoms with E-state index in [4.69, 9.17) is 0 Å². The topological polar surface area (TPSA) is 89.3 Å². The molecule has 26 heavy (non-hydrogen) atoms. The van der Waals surface area contributed by atoms with Gasteiger partial charge in [0, 0.05) is 33.0 Å². The third-order valence-electron chi connectivity index (χ3n) is 3.76. The van der Waals surface area contributed by atoms with E-state index in [1.54, 1.807) is 42.6 Å². The molecule has 0 radical (unpaired) electrons. The Kier molecular flexibility index (Phi) is 5.24. The SMILES string of the molecule is Cc1ccc(C(=O)NCc2ccc(C(=O)c3ccsc3)s2)cc1[N+](=O)[O-]. The number of nitrogens with one attached hydrogen (secondary N) is 1. The average Bonchev–Trinajstić information content (AvgIpc) is 3.31. The number of aryl methyl sites for hydroxylation is 1. The minimum Gasteiger partial charge on any atom is -0.347 e. The van der Waals surface area contributed by atoms with Crippen LogP contribution in [0.25, 0.3) is 0 Å². The molecule has 6 nitrogen and oxygen atoms in total. The summed E-state index contributed by atoms with van der Waals surface area (Å²) in [7, 11) is 0. The Labute approximate surface area is 157 Å². The number of hydrogen-bond acceptors (Lipinski definition) is 6. The summed E-state index contributed by atoms with van der Waals surface area (Å²) < 4.78 is 0. The van der Waals surface area contributed by atoms with Crippen LogP contribution in [0.4, 0.5) is 5.69 Å². The smallest absolute Gasteiger partial charge is 0.273 e. The van der Waals surface area contributed by atoms with Gasteiger partial charge in [-0.2, -0.15) is 11.3 Å². The zero-order valence-corrected chi connectivity index (χ0v) is 15.4. The summed E-state index contributed by atoms with van der Waals surface area (Å²) in [4.78, 5) is 36.4. The van der Waals surface area contributed by atoms with E-state index in [2.05, 4.69) is 5.32 Å². The summed E-state index contributed by atoms with van der Waals surface area (Å²) in [5.41, 5.74) is 1.30. The molecule has 0 saturated heterocycles. The van der Waals surface area contributed by atoms with Crippen LogP contribution in [0, 0.1) is 17.0 Å². The van der Waals surface area contributed by atoms with Crippen LogP contribution >= 0.6 is 22.7 Å². The Bertz CT molecular complexity index is 977. The monoisotopic (exact) mass is 386 g/mol. The van der Waals surface area contributed by atoms with Gasteiger partial charge in [-0.15, -0.1) is 11.3 Å². The van der Waals surface area contributed by atoms with E-state index in [0.29, 0.717) is 16.0 Å². The van der Waals surface area contributed by atoms with Crippen molar-refractivity contribution in [2.75, 3.05) is 0 Å². The summed E-state index contributed by atoms with van der Waals surface area (Å²) in [5.74, 6) is -0.435. The zero-order chi connectivity index (χ0) is 18.7. The molecule has 8 heteroatoms. The lowest BCUT2D eigenvalue weighted by Crippen LogP contribution is -2.22. The van der Waals surface area contributed by atoms with Crippen LogP contribution in [-0.2, 0) is 6.54 Å². The Morgan fingerprint density at radius 2 is 1.96 bits per heavy atom. The molecule has 3 rings (SSSR count). The predicted molar refractivity (Wildman–Crippen MR) is 101 cm³/mol. The molecular weight excluding hydrogens is 372 g/mol. The summed E-state index contributed by atoms with van der Waals surface area (Å²) in [6.45, 7) is 1.87. The van der Waals surface area contributed by atoms with Gasteiger partial charge in [0.15, 0.2) is 0 Å². The molecule has 0 saturated carbocycles. The third kappa shape index (κ3) is 3.87. The van der Waals surface area contributed by atoms with E-state index in [1.165, 1.54) is 28.7 Å². The number of nitro benzene ring substituents is 1. The molecular formula is C18H14N2O4S2. The lowest BCUT2D eigenvalue weighted by Gasteiger charge is -2.05. The number of carbonyl (C=O) groups is 2. The van der Waals surface area contributed by atoms with Gasteiger partial charge in [0.05, 0.1) is 16.3 Å². The molecule has 2 heterocycles. The van der Waals surface area contributed by atoms with Gasteiger partial charge in [-0.05, 0) is 36.6 Å². The van der Waals surface area contributed by atoms with Crippen molar-refractivity contribution < 1.29 is 14.5 Å². The van der Waals surface area contributed by atoms with Crippen molar-refractivity contribution in [3.63, 3.8) is 0 Å². The lowest BCUT2D eigenvalue weighted by molar-refractivity contribution is -0.385. The van der Waals surface area contributed by atoms with Crippen LogP contribution in [0.2, 0.25) is 0 Å². The Morgan fingerprint density at radius 1 is 1.15 bits per heavy atom. The summed E-state index contributed by atoms with van der Waals surface area (Å²) in [6, 6.07) is 9.68. The number of benzene rings is 1. The van der Waals surface area contributed by atoms with Gasteiger partial charge in [0.1, 0.15) is 0 Å². The van der Waals surface area contributed by atoms with Crippen molar-refractivity contribution in [3.8, 4) is 0 Å². The summed E-state index contributed by atoms with van der Waals surface area (Å²) in [6.07, 6.45) is 0. The van der Waals surface area contributed by atoms with E-state index in [0.717, 1.165) is 4.88 Å². The highest BCUT2D eigenvalue weighted by atomic mass is 32.1. The van der Waals surface area contributed by atoms with Crippen molar-refractivity contribution in [1.29, 1.82) is 0 Å².